The number of phenolic OH excluding ortho intramolecular Hbond substituents is 1. The normalized spacial score (nSPS) is 17.8. The van der Waals surface area contributed by atoms with Crippen molar-refractivity contribution in [2.45, 2.75) is 12.3 Å². The molecule has 1 unspecified atom stereocenters. The Morgan fingerprint density at radius 1 is 0.700 bits per heavy atom. The number of hydrogen-bond donors (Lipinski definition) is 1. The Balaban J connectivity index is 1.85. The van der Waals surface area contributed by atoms with Crippen LogP contribution in [0.25, 0.3) is 0 Å². The second kappa shape index (κ2) is 6.89. The van der Waals surface area contributed by atoms with Crippen molar-refractivity contribution in [2.24, 2.45) is 0 Å². The van der Waals surface area contributed by atoms with Gasteiger partial charge in [0.05, 0.1) is 5.69 Å². The second-order valence-corrected chi connectivity index (χ2v) is 7.66. The Hall–Kier alpha value is -3.85. The molecule has 0 bridgehead atoms. The van der Waals surface area contributed by atoms with Gasteiger partial charge in [-0.15, -0.1) is 0 Å². The van der Waals surface area contributed by atoms with E-state index in [0.717, 1.165) is 33.6 Å². The topological polar surface area (TPSA) is 40.5 Å². The maximum atomic E-state index is 14.3. The largest absolute Gasteiger partial charge is 0.508 e. The lowest BCUT2D eigenvalue weighted by Crippen LogP contribution is -2.40. The number of nitrogens with zero attached hydrogens (tertiary/aromatic N) is 1. The Morgan fingerprint density at radius 2 is 1.27 bits per heavy atom. The first-order chi connectivity index (χ1) is 14.6. The minimum absolute atomic E-state index is 0.0237. The molecular weight excluding hydrogens is 370 g/mol. The minimum Gasteiger partial charge on any atom is -0.508 e. The molecule has 0 saturated heterocycles. The molecule has 1 amide bonds. The maximum Gasteiger partial charge on any atom is 0.251 e. The summed E-state index contributed by atoms with van der Waals surface area (Å²) in [5.41, 5.74) is 4.54. The van der Waals surface area contributed by atoms with Gasteiger partial charge in [0, 0.05) is 11.3 Å². The van der Waals surface area contributed by atoms with Crippen molar-refractivity contribution >= 4 is 17.3 Å². The van der Waals surface area contributed by atoms with E-state index < -0.39 is 5.41 Å². The van der Waals surface area contributed by atoms with Gasteiger partial charge in [-0.25, -0.2) is 0 Å². The predicted molar refractivity (Wildman–Crippen MR) is 119 cm³/mol. The zero-order valence-electron chi connectivity index (χ0n) is 16.6. The molecule has 0 fully saturated rings. The fourth-order valence-electron chi connectivity index (χ4n) is 4.45. The lowest BCUT2D eigenvalue weighted by Gasteiger charge is -2.30. The van der Waals surface area contributed by atoms with Crippen LogP contribution in [-0.2, 0) is 10.2 Å². The van der Waals surface area contributed by atoms with Gasteiger partial charge in [0.1, 0.15) is 11.2 Å². The summed E-state index contributed by atoms with van der Waals surface area (Å²) in [5.74, 6) is 0.154. The monoisotopic (exact) mass is 391 g/mol. The number of benzene rings is 4. The summed E-state index contributed by atoms with van der Waals surface area (Å²) < 4.78 is 0. The molecule has 1 aliphatic heterocycles. The van der Waals surface area contributed by atoms with Gasteiger partial charge in [-0.3, -0.25) is 9.69 Å². The van der Waals surface area contributed by atoms with Gasteiger partial charge in [0.25, 0.3) is 5.91 Å². The first-order valence-electron chi connectivity index (χ1n) is 9.98. The van der Waals surface area contributed by atoms with E-state index in [-0.39, 0.29) is 11.7 Å². The first kappa shape index (κ1) is 18.2. The van der Waals surface area contributed by atoms with Gasteiger partial charge >= 0.3 is 0 Å². The Kier molecular flexibility index (Phi) is 4.18. The van der Waals surface area contributed by atoms with Crippen LogP contribution in [0.1, 0.15) is 22.3 Å². The highest BCUT2D eigenvalue weighted by atomic mass is 16.3. The summed E-state index contributed by atoms with van der Waals surface area (Å²) in [6.45, 7) is 2.04. The third-order valence-corrected chi connectivity index (χ3v) is 5.87. The molecule has 0 spiro atoms. The van der Waals surface area contributed by atoms with Crippen LogP contribution < -0.4 is 4.90 Å². The van der Waals surface area contributed by atoms with Crippen molar-refractivity contribution < 1.29 is 9.90 Å². The van der Waals surface area contributed by atoms with Crippen LogP contribution in [0.2, 0.25) is 0 Å². The summed E-state index contributed by atoms with van der Waals surface area (Å²) in [5, 5.41) is 9.89. The van der Waals surface area contributed by atoms with Crippen LogP contribution in [-0.4, -0.2) is 11.0 Å². The van der Waals surface area contributed by atoms with E-state index in [4.69, 9.17) is 0 Å². The van der Waals surface area contributed by atoms with Crippen molar-refractivity contribution in [2.75, 3.05) is 4.90 Å². The summed E-state index contributed by atoms with van der Waals surface area (Å²) in [6, 6.07) is 32.8. The van der Waals surface area contributed by atoms with Crippen molar-refractivity contribution in [3.05, 3.63) is 125 Å². The number of amides is 1. The van der Waals surface area contributed by atoms with E-state index in [1.807, 2.05) is 103 Å². The maximum absolute atomic E-state index is 14.3. The molecule has 1 heterocycles. The number of carbonyl (C=O) groups is 1. The molecule has 1 N–H and O–H groups in total. The molecule has 3 nitrogen and oxygen atoms in total. The molecule has 146 valence electrons. The molecule has 1 atom stereocenters. The average Bonchev–Trinajstić information content (AvgIpc) is 3.04. The molecule has 30 heavy (non-hydrogen) atoms. The molecule has 4 aromatic rings. The van der Waals surface area contributed by atoms with Crippen molar-refractivity contribution in [1.82, 2.24) is 0 Å². The van der Waals surface area contributed by atoms with Crippen molar-refractivity contribution in [3.8, 4) is 5.75 Å². The molecule has 0 radical (unpaired) electrons. The zero-order chi connectivity index (χ0) is 20.7. The van der Waals surface area contributed by atoms with Crippen LogP contribution in [0.4, 0.5) is 11.4 Å². The molecular formula is C27H21NO2. The first-order valence-corrected chi connectivity index (χ1v) is 9.98. The highest BCUT2D eigenvalue weighted by Gasteiger charge is 2.53. The van der Waals surface area contributed by atoms with Crippen LogP contribution in [0, 0.1) is 6.92 Å². The lowest BCUT2D eigenvalue weighted by atomic mass is 9.70. The number of anilines is 2. The smallest absolute Gasteiger partial charge is 0.251 e. The number of aryl methyl sites for hydroxylation is 1. The van der Waals surface area contributed by atoms with Gasteiger partial charge in [-0.1, -0.05) is 78.4 Å². The summed E-state index contributed by atoms with van der Waals surface area (Å²) in [4.78, 5) is 16.1. The fraction of sp³-hybridized carbons (Fsp3) is 0.0741. The van der Waals surface area contributed by atoms with E-state index in [1.54, 1.807) is 12.1 Å². The SMILES string of the molecule is Cc1ccc(C2(c3ccc(O)cc3)C(=O)N(c3ccccc3)c3ccccc32)cc1. The summed E-state index contributed by atoms with van der Waals surface area (Å²) in [7, 11) is 0. The van der Waals surface area contributed by atoms with Gasteiger partial charge in [0.2, 0.25) is 0 Å². The van der Waals surface area contributed by atoms with Gasteiger partial charge in [0.15, 0.2) is 0 Å². The predicted octanol–water partition coefficient (Wildman–Crippen LogP) is 5.71. The standard InChI is InChI=1S/C27H21NO2/c1-19-11-13-20(14-12-19)27(21-15-17-23(29)18-16-21)24-9-5-6-10-25(24)28(26(27)30)22-7-3-2-4-8-22/h2-18,29H,1H3. The quantitative estimate of drug-likeness (QED) is 0.486. The molecule has 0 aliphatic carbocycles. The Labute approximate surface area is 175 Å². The molecule has 4 aromatic carbocycles. The van der Waals surface area contributed by atoms with Gasteiger partial charge in [-0.2, -0.15) is 0 Å². The second-order valence-electron chi connectivity index (χ2n) is 7.66. The van der Waals surface area contributed by atoms with Gasteiger partial charge in [-0.05, 0) is 48.4 Å². The van der Waals surface area contributed by atoms with Crippen molar-refractivity contribution in [3.63, 3.8) is 0 Å². The number of aromatic hydroxyl groups is 1. The molecule has 0 aromatic heterocycles. The Bertz CT molecular complexity index is 1170. The number of fused-ring (bicyclic) bond motifs is 1. The number of carbonyl (C=O) groups excluding carboxylic acids is 1. The van der Waals surface area contributed by atoms with E-state index in [9.17, 15) is 9.90 Å². The number of hydrogen-bond acceptors (Lipinski definition) is 2. The molecule has 5 rings (SSSR count). The summed E-state index contributed by atoms with van der Waals surface area (Å²) in [6.07, 6.45) is 0. The highest BCUT2D eigenvalue weighted by Crippen LogP contribution is 2.52. The molecule has 0 saturated carbocycles. The van der Waals surface area contributed by atoms with Crippen LogP contribution in [0.5, 0.6) is 5.75 Å². The average molecular weight is 391 g/mol. The van der Waals surface area contributed by atoms with E-state index in [1.165, 1.54) is 0 Å². The third kappa shape index (κ3) is 2.56. The van der Waals surface area contributed by atoms with E-state index in [0.29, 0.717) is 0 Å². The molecule has 1 aliphatic rings. The van der Waals surface area contributed by atoms with E-state index >= 15 is 0 Å². The van der Waals surface area contributed by atoms with E-state index in [2.05, 4.69) is 0 Å². The van der Waals surface area contributed by atoms with Gasteiger partial charge < -0.3 is 5.11 Å². The zero-order valence-corrected chi connectivity index (χ0v) is 16.6. The third-order valence-electron chi connectivity index (χ3n) is 5.87. The van der Waals surface area contributed by atoms with Crippen molar-refractivity contribution in [1.29, 1.82) is 0 Å². The van der Waals surface area contributed by atoms with Crippen LogP contribution in [0.3, 0.4) is 0 Å². The van der Waals surface area contributed by atoms with Crippen LogP contribution in [0.15, 0.2) is 103 Å². The highest BCUT2D eigenvalue weighted by molar-refractivity contribution is 6.17. The Morgan fingerprint density at radius 3 is 1.93 bits per heavy atom. The number of rotatable bonds is 3. The fourth-order valence-corrected chi connectivity index (χ4v) is 4.45. The number of para-hydroxylation sites is 2. The lowest BCUT2D eigenvalue weighted by molar-refractivity contribution is -0.120. The summed E-state index contributed by atoms with van der Waals surface area (Å²) >= 11 is 0. The molecule has 3 heteroatoms. The minimum atomic E-state index is -0.992. The number of phenols is 1. The van der Waals surface area contributed by atoms with Crippen LogP contribution >= 0.6 is 0 Å².